The lowest BCUT2D eigenvalue weighted by molar-refractivity contribution is 0.0535. The molecule has 0 aliphatic rings. The van der Waals surface area contributed by atoms with Crippen LogP contribution in [0.4, 0.5) is 13.6 Å². The van der Waals surface area contributed by atoms with Crippen LogP contribution in [0.5, 0.6) is 0 Å². The number of nitrogens with one attached hydrogen (secondary N) is 1. The summed E-state index contributed by atoms with van der Waals surface area (Å²) in [5.74, 6) is 3.05. The summed E-state index contributed by atoms with van der Waals surface area (Å²) in [5.41, 5.74) is -1.18. The molecule has 0 bridgehead atoms. The lowest BCUT2D eigenvalue weighted by Gasteiger charge is -2.18. The van der Waals surface area contributed by atoms with E-state index in [4.69, 9.17) is 4.74 Å². The number of carbonyl (C=O) groups excluding carboxylic acids is 2. The number of halogens is 2. The van der Waals surface area contributed by atoms with E-state index in [9.17, 15) is 18.4 Å². The average Bonchev–Trinajstić information content (AvgIpc) is 2.32. The number of benzene rings is 1. The zero-order valence-electron chi connectivity index (χ0n) is 11.9. The van der Waals surface area contributed by atoms with E-state index >= 15 is 0 Å². The molecule has 112 valence electrons. The highest BCUT2D eigenvalue weighted by atomic mass is 19.1. The van der Waals surface area contributed by atoms with Gasteiger partial charge in [0, 0.05) is 5.56 Å². The molecule has 0 atom stereocenters. The van der Waals surface area contributed by atoms with Crippen molar-refractivity contribution in [3.8, 4) is 11.8 Å². The molecule has 1 aromatic carbocycles. The molecule has 4 nitrogen and oxygen atoms in total. The maximum atomic E-state index is 13.3. The van der Waals surface area contributed by atoms with Gasteiger partial charge in [-0.3, -0.25) is 4.79 Å². The highest BCUT2D eigenvalue weighted by Crippen LogP contribution is 2.12. The van der Waals surface area contributed by atoms with Crippen molar-refractivity contribution in [1.82, 2.24) is 5.32 Å². The zero-order chi connectivity index (χ0) is 16.0. The second-order valence-electron chi connectivity index (χ2n) is 5.13. The van der Waals surface area contributed by atoms with Crippen molar-refractivity contribution in [1.29, 1.82) is 0 Å². The summed E-state index contributed by atoms with van der Waals surface area (Å²) in [5, 5.41) is 2.38. The van der Waals surface area contributed by atoms with Gasteiger partial charge in [0.25, 0.3) is 0 Å². The van der Waals surface area contributed by atoms with Crippen LogP contribution in [-0.2, 0) is 4.74 Å². The molecule has 0 aliphatic heterocycles. The number of hydrogen-bond donors (Lipinski definition) is 1. The molecule has 0 unspecified atom stereocenters. The first-order chi connectivity index (χ1) is 9.73. The number of hydrogen-bond acceptors (Lipinski definition) is 3. The summed E-state index contributed by atoms with van der Waals surface area (Å²) in [7, 11) is 0. The molecule has 0 aromatic heterocycles. The van der Waals surface area contributed by atoms with Gasteiger partial charge in [-0.25, -0.2) is 13.6 Å². The first kappa shape index (κ1) is 16.6. The quantitative estimate of drug-likeness (QED) is 0.674. The third-order valence-corrected chi connectivity index (χ3v) is 2.15. The fourth-order valence-corrected chi connectivity index (χ4v) is 1.35. The second-order valence-corrected chi connectivity index (χ2v) is 5.13. The van der Waals surface area contributed by atoms with E-state index in [1.165, 1.54) is 0 Å². The minimum absolute atomic E-state index is 0.0341. The first-order valence-electron chi connectivity index (χ1n) is 6.13. The molecule has 0 heterocycles. The highest BCUT2D eigenvalue weighted by Gasteiger charge is 2.15. The smallest absolute Gasteiger partial charge is 0.408 e. The summed E-state index contributed by atoms with van der Waals surface area (Å²) in [6, 6.07) is 1.90. The van der Waals surface area contributed by atoms with Crippen LogP contribution in [0.15, 0.2) is 12.1 Å². The lowest BCUT2D eigenvalue weighted by Crippen LogP contribution is -2.32. The summed E-state index contributed by atoms with van der Waals surface area (Å²) in [6.07, 6.45) is -0.531. The van der Waals surface area contributed by atoms with Gasteiger partial charge in [0.2, 0.25) is 0 Å². The predicted octanol–water partition coefficient (Wildman–Crippen LogP) is 2.65. The van der Waals surface area contributed by atoms with E-state index in [1.807, 2.05) is 0 Å². The highest BCUT2D eigenvalue weighted by molar-refractivity contribution is 5.76. The Hall–Kier alpha value is -2.42. The van der Waals surface area contributed by atoms with Gasteiger partial charge in [0.1, 0.15) is 17.2 Å². The number of aldehydes is 1. The standard InChI is InChI=1S/C15H15F2NO3/c1-15(2,3)21-14(20)18-6-4-5-10-7-12(16)11(9-19)13(17)8-10/h7-9H,6H2,1-3H3,(H,18,20). The van der Waals surface area contributed by atoms with Crippen molar-refractivity contribution in [3.63, 3.8) is 0 Å². The van der Waals surface area contributed by atoms with Gasteiger partial charge < -0.3 is 10.1 Å². The molecular formula is C15H15F2NO3. The van der Waals surface area contributed by atoms with Gasteiger partial charge in [-0.05, 0) is 32.9 Å². The Morgan fingerprint density at radius 2 is 1.90 bits per heavy atom. The Kier molecular flexibility index (Phi) is 5.42. The Morgan fingerprint density at radius 3 is 2.38 bits per heavy atom. The number of rotatable bonds is 2. The van der Waals surface area contributed by atoms with Gasteiger partial charge in [-0.15, -0.1) is 0 Å². The van der Waals surface area contributed by atoms with E-state index in [2.05, 4.69) is 17.2 Å². The molecule has 1 amide bonds. The Bertz CT molecular complexity index is 587. The van der Waals surface area contributed by atoms with Crippen molar-refractivity contribution in [2.75, 3.05) is 6.54 Å². The maximum Gasteiger partial charge on any atom is 0.408 e. The van der Waals surface area contributed by atoms with Crippen molar-refractivity contribution in [3.05, 3.63) is 34.9 Å². The fraction of sp³-hybridized carbons (Fsp3) is 0.333. The molecule has 0 fully saturated rings. The van der Waals surface area contributed by atoms with E-state index in [1.54, 1.807) is 20.8 Å². The molecule has 0 saturated heterocycles. The molecule has 0 radical (unpaired) electrons. The van der Waals surface area contributed by atoms with Crippen LogP contribution >= 0.6 is 0 Å². The van der Waals surface area contributed by atoms with Crippen LogP contribution in [0.3, 0.4) is 0 Å². The number of ether oxygens (including phenoxy) is 1. The monoisotopic (exact) mass is 295 g/mol. The minimum Gasteiger partial charge on any atom is -0.444 e. The van der Waals surface area contributed by atoms with Crippen molar-refractivity contribution >= 4 is 12.4 Å². The minimum atomic E-state index is -0.977. The van der Waals surface area contributed by atoms with Crippen LogP contribution in [0, 0.1) is 23.5 Å². The molecule has 6 heteroatoms. The molecule has 0 aliphatic carbocycles. The Labute approximate surface area is 121 Å². The SMILES string of the molecule is CC(C)(C)OC(=O)NCC#Cc1cc(F)c(C=O)c(F)c1. The van der Waals surface area contributed by atoms with Gasteiger partial charge in [0.05, 0.1) is 12.1 Å². The summed E-state index contributed by atoms with van der Waals surface area (Å²) < 4.78 is 31.6. The largest absolute Gasteiger partial charge is 0.444 e. The summed E-state index contributed by atoms with van der Waals surface area (Å²) >= 11 is 0. The number of amides is 1. The average molecular weight is 295 g/mol. The van der Waals surface area contributed by atoms with Crippen molar-refractivity contribution in [2.24, 2.45) is 0 Å². The fourth-order valence-electron chi connectivity index (χ4n) is 1.35. The molecule has 1 N–H and O–H groups in total. The normalized spacial score (nSPS) is 10.3. The summed E-state index contributed by atoms with van der Waals surface area (Å²) in [6.45, 7) is 5.13. The van der Waals surface area contributed by atoms with Gasteiger partial charge in [-0.2, -0.15) is 0 Å². The number of alkyl carbamates (subject to hydrolysis) is 1. The number of carbonyl (C=O) groups is 2. The maximum absolute atomic E-state index is 13.3. The third-order valence-electron chi connectivity index (χ3n) is 2.15. The van der Waals surface area contributed by atoms with Gasteiger partial charge in [0.15, 0.2) is 6.29 Å². The molecule has 21 heavy (non-hydrogen) atoms. The zero-order valence-corrected chi connectivity index (χ0v) is 11.9. The van der Waals surface area contributed by atoms with E-state index in [0.29, 0.717) is 0 Å². The van der Waals surface area contributed by atoms with Crippen LogP contribution in [-0.4, -0.2) is 24.5 Å². The molecule has 0 spiro atoms. The molecule has 1 aromatic rings. The van der Waals surface area contributed by atoms with Crippen LogP contribution in [0.25, 0.3) is 0 Å². The molecule has 1 rings (SSSR count). The van der Waals surface area contributed by atoms with E-state index < -0.39 is 28.9 Å². The second kappa shape index (κ2) is 6.84. The van der Waals surface area contributed by atoms with Gasteiger partial charge >= 0.3 is 6.09 Å². The lowest BCUT2D eigenvalue weighted by atomic mass is 10.1. The van der Waals surface area contributed by atoms with Crippen LogP contribution in [0.1, 0.15) is 36.7 Å². The topological polar surface area (TPSA) is 55.4 Å². The third kappa shape index (κ3) is 5.61. The Morgan fingerprint density at radius 1 is 1.33 bits per heavy atom. The molecule has 0 saturated carbocycles. The van der Waals surface area contributed by atoms with E-state index in [-0.39, 0.29) is 18.4 Å². The first-order valence-corrected chi connectivity index (χ1v) is 6.13. The van der Waals surface area contributed by atoms with Gasteiger partial charge in [-0.1, -0.05) is 11.8 Å². The summed E-state index contributed by atoms with van der Waals surface area (Å²) in [4.78, 5) is 21.7. The molecular weight excluding hydrogens is 280 g/mol. The van der Waals surface area contributed by atoms with Crippen molar-refractivity contribution < 1.29 is 23.1 Å². The Balaban J connectivity index is 2.64. The van der Waals surface area contributed by atoms with Crippen molar-refractivity contribution in [2.45, 2.75) is 26.4 Å². The van der Waals surface area contributed by atoms with Crippen LogP contribution in [0.2, 0.25) is 0 Å². The van der Waals surface area contributed by atoms with E-state index in [0.717, 1.165) is 12.1 Å². The predicted molar refractivity (Wildman–Crippen MR) is 72.9 cm³/mol. The van der Waals surface area contributed by atoms with Crippen LogP contribution < -0.4 is 5.32 Å².